The summed E-state index contributed by atoms with van der Waals surface area (Å²) in [5, 5.41) is 4.18. The molecule has 1 amide bonds. The molecule has 3 aromatic carbocycles. The number of carbonyl (C=O) groups excluding carboxylic acids is 1. The minimum atomic E-state index is -4.31. The van der Waals surface area contributed by atoms with Crippen LogP contribution in [0.25, 0.3) is 0 Å². The van der Waals surface area contributed by atoms with Gasteiger partial charge in [-0.1, -0.05) is 23.7 Å². The monoisotopic (exact) mass is 547 g/mol. The topological polar surface area (TPSA) is 116 Å². The number of hydrogen-bond acceptors (Lipinski definition) is 8. The number of nitrogens with zero attached hydrogens (tertiary/aromatic N) is 2. The Bertz CT molecular complexity index is 1400. The van der Waals surface area contributed by atoms with E-state index in [-0.39, 0.29) is 27.1 Å². The van der Waals surface area contributed by atoms with Crippen molar-refractivity contribution in [3.05, 3.63) is 71.2 Å². The summed E-state index contributed by atoms with van der Waals surface area (Å²) in [6, 6.07) is 15.6. The number of benzene rings is 3. The van der Waals surface area contributed by atoms with E-state index in [1.54, 1.807) is 30.3 Å². The minimum absolute atomic E-state index is 0.0664. The fourth-order valence-electron chi connectivity index (χ4n) is 3.33. The Labute approximate surface area is 220 Å². The molecule has 0 bridgehead atoms. The molecule has 3 rings (SSSR count). The van der Waals surface area contributed by atoms with Crippen LogP contribution in [0.1, 0.15) is 5.56 Å². The number of halogens is 1. The van der Waals surface area contributed by atoms with Crippen molar-refractivity contribution in [2.75, 3.05) is 39.3 Å². The third-order valence-electron chi connectivity index (χ3n) is 5.14. The molecule has 0 saturated heterocycles. The highest BCUT2D eigenvalue weighted by Gasteiger charge is 2.30. The highest BCUT2D eigenvalue weighted by Crippen LogP contribution is 2.36. The van der Waals surface area contributed by atoms with Crippen LogP contribution in [-0.2, 0) is 14.8 Å². The lowest BCUT2D eigenvalue weighted by atomic mass is 10.2. The van der Waals surface area contributed by atoms with Gasteiger partial charge in [0.15, 0.2) is 11.5 Å². The summed E-state index contributed by atoms with van der Waals surface area (Å²) < 4.78 is 49.4. The van der Waals surface area contributed by atoms with Crippen LogP contribution in [-0.4, -0.2) is 55.5 Å². The van der Waals surface area contributed by atoms with Gasteiger partial charge < -0.3 is 18.9 Å². The Kier molecular flexibility index (Phi) is 9.20. The second-order valence-electron chi connectivity index (χ2n) is 7.41. The molecule has 12 heteroatoms. The number of nitrogens with one attached hydrogen (secondary N) is 1. The van der Waals surface area contributed by atoms with Gasteiger partial charge in [0.1, 0.15) is 18.0 Å². The number of sulfonamides is 1. The number of ether oxygens (including phenoxy) is 4. The molecule has 0 aliphatic carbocycles. The van der Waals surface area contributed by atoms with Crippen molar-refractivity contribution in [1.29, 1.82) is 0 Å². The van der Waals surface area contributed by atoms with Crippen LogP contribution in [0.4, 0.5) is 5.69 Å². The summed E-state index contributed by atoms with van der Waals surface area (Å²) in [5.74, 6) is 0.661. The van der Waals surface area contributed by atoms with Gasteiger partial charge in [0.05, 0.1) is 45.2 Å². The first-order valence-electron chi connectivity index (χ1n) is 10.8. The van der Waals surface area contributed by atoms with Gasteiger partial charge in [-0.25, -0.2) is 13.8 Å². The number of methoxy groups -OCH3 is 4. The van der Waals surface area contributed by atoms with Crippen LogP contribution in [0.2, 0.25) is 5.02 Å². The SMILES string of the molecule is COc1cccc(/C=N\NC(=O)CN(c2cc(Cl)ccc2OC)S(=O)(=O)c2ccc(OC)c(OC)c2)c1. The highest BCUT2D eigenvalue weighted by molar-refractivity contribution is 7.92. The maximum atomic E-state index is 13.8. The van der Waals surface area contributed by atoms with E-state index in [4.69, 9.17) is 30.5 Å². The van der Waals surface area contributed by atoms with Crippen molar-refractivity contribution in [1.82, 2.24) is 5.43 Å². The number of rotatable bonds is 11. The minimum Gasteiger partial charge on any atom is -0.497 e. The average molecular weight is 548 g/mol. The third-order valence-corrected chi connectivity index (χ3v) is 7.13. The first-order chi connectivity index (χ1) is 17.7. The lowest BCUT2D eigenvalue weighted by Gasteiger charge is -2.25. The average Bonchev–Trinajstić information content (AvgIpc) is 2.91. The molecular formula is C25H26ClN3O7S. The van der Waals surface area contributed by atoms with Gasteiger partial charge in [0.25, 0.3) is 15.9 Å². The van der Waals surface area contributed by atoms with Crippen molar-refractivity contribution in [3.63, 3.8) is 0 Å². The second-order valence-corrected chi connectivity index (χ2v) is 9.71. The van der Waals surface area contributed by atoms with Crippen LogP contribution >= 0.6 is 11.6 Å². The van der Waals surface area contributed by atoms with Crippen LogP contribution in [0.5, 0.6) is 23.0 Å². The normalized spacial score (nSPS) is 11.2. The maximum Gasteiger partial charge on any atom is 0.265 e. The molecule has 0 fully saturated rings. The molecular weight excluding hydrogens is 522 g/mol. The predicted molar refractivity (Wildman–Crippen MR) is 141 cm³/mol. The Morgan fingerprint density at radius 2 is 1.62 bits per heavy atom. The first-order valence-corrected chi connectivity index (χ1v) is 12.6. The standard InChI is InChI=1S/C25H26ClN3O7S/c1-33-19-7-5-6-17(12-19)15-27-28-25(30)16-29(21-13-18(26)8-10-22(21)34-2)37(31,32)20-9-11-23(35-3)24(14-20)36-4/h5-15H,16H2,1-4H3,(H,28,30)/b27-15-. The Balaban J connectivity index is 1.97. The second kappa shape index (κ2) is 12.3. The van der Waals surface area contributed by atoms with Crippen LogP contribution < -0.4 is 28.7 Å². The lowest BCUT2D eigenvalue weighted by molar-refractivity contribution is -0.119. The Morgan fingerprint density at radius 1 is 0.919 bits per heavy atom. The van der Waals surface area contributed by atoms with Gasteiger partial charge in [-0.15, -0.1) is 0 Å². The molecule has 0 radical (unpaired) electrons. The van der Waals surface area contributed by atoms with Gasteiger partial charge in [0, 0.05) is 11.1 Å². The third kappa shape index (κ3) is 6.63. The molecule has 1 N–H and O–H groups in total. The summed E-state index contributed by atoms with van der Waals surface area (Å²) in [4.78, 5) is 12.7. The molecule has 0 atom stereocenters. The fraction of sp³-hybridized carbons (Fsp3) is 0.200. The van der Waals surface area contributed by atoms with Gasteiger partial charge >= 0.3 is 0 Å². The molecule has 0 aliphatic rings. The van der Waals surface area contributed by atoms with E-state index in [0.29, 0.717) is 17.1 Å². The summed E-state index contributed by atoms with van der Waals surface area (Å²) in [7, 11) is 1.43. The fourth-order valence-corrected chi connectivity index (χ4v) is 4.93. The molecule has 0 aliphatic heterocycles. The van der Waals surface area contributed by atoms with Crippen LogP contribution in [0.3, 0.4) is 0 Å². The predicted octanol–water partition coefficient (Wildman–Crippen LogP) is 3.72. The maximum absolute atomic E-state index is 13.8. The van der Waals surface area contributed by atoms with Crippen LogP contribution in [0, 0.1) is 0 Å². The van der Waals surface area contributed by atoms with Crippen LogP contribution in [0.15, 0.2) is 70.7 Å². The van der Waals surface area contributed by atoms with E-state index in [2.05, 4.69) is 10.5 Å². The van der Waals surface area contributed by atoms with Crippen molar-refractivity contribution in [2.45, 2.75) is 4.90 Å². The molecule has 0 saturated carbocycles. The number of carbonyl (C=O) groups is 1. The highest BCUT2D eigenvalue weighted by atomic mass is 35.5. The van der Waals surface area contributed by atoms with E-state index < -0.39 is 22.5 Å². The van der Waals surface area contributed by atoms with E-state index in [9.17, 15) is 13.2 Å². The largest absolute Gasteiger partial charge is 0.497 e. The molecule has 196 valence electrons. The van der Waals surface area contributed by atoms with E-state index in [1.807, 2.05) is 0 Å². The van der Waals surface area contributed by atoms with Crippen molar-refractivity contribution < 1.29 is 32.2 Å². The van der Waals surface area contributed by atoms with Crippen molar-refractivity contribution in [3.8, 4) is 23.0 Å². The first kappa shape index (κ1) is 27.6. The summed E-state index contributed by atoms with van der Waals surface area (Å²) in [6.07, 6.45) is 1.41. The zero-order chi connectivity index (χ0) is 27.0. The van der Waals surface area contributed by atoms with Crippen molar-refractivity contribution in [2.24, 2.45) is 5.10 Å². The molecule has 0 spiro atoms. The van der Waals surface area contributed by atoms with E-state index in [1.165, 1.54) is 65.0 Å². The summed E-state index contributed by atoms with van der Waals surface area (Å²) in [6.45, 7) is -0.622. The van der Waals surface area contributed by atoms with E-state index >= 15 is 0 Å². The Morgan fingerprint density at radius 3 is 2.30 bits per heavy atom. The molecule has 37 heavy (non-hydrogen) atoms. The number of anilines is 1. The quantitative estimate of drug-likeness (QED) is 0.287. The smallest absolute Gasteiger partial charge is 0.265 e. The van der Waals surface area contributed by atoms with Gasteiger partial charge in [-0.3, -0.25) is 9.10 Å². The van der Waals surface area contributed by atoms with Gasteiger partial charge in [0.2, 0.25) is 0 Å². The van der Waals surface area contributed by atoms with Crippen molar-refractivity contribution >= 4 is 39.4 Å². The van der Waals surface area contributed by atoms with Gasteiger partial charge in [-0.05, 0) is 48.0 Å². The lowest BCUT2D eigenvalue weighted by Crippen LogP contribution is -2.39. The summed E-state index contributed by atoms with van der Waals surface area (Å²) >= 11 is 6.17. The summed E-state index contributed by atoms with van der Waals surface area (Å²) in [5.41, 5.74) is 3.09. The molecule has 10 nitrogen and oxygen atoms in total. The molecule has 0 unspecified atom stereocenters. The molecule has 0 heterocycles. The van der Waals surface area contributed by atoms with E-state index in [0.717, 1.165) is 4.31 Å². The number of hydrogen-bond donors (Lipinski definition) is 1. The number of hydrazone groups is 1. The zero-order valence-electron chi connectivity index (χ0n) is 20.6. The van der Waals surface area contributed by atoms with Gasteiger partial charge in [-0.2, -0.15) is 5.10 Å². The zero-order valence-corrected chi connectivity index (χ0v) is 22.2. The number of amides is 1. The molecule has 0 aromatic heterocycles. The molecule has 3 aromatic rings. The Hall–Kier alpha value is -3.96.